The number of anilines is 1. The predicted octanol–water partition coefficient (Wildman–Crippen LogP) is 1.74. The van der Waals surface area contributed by atoms with E-state index in [9.17, 15) is 5.11 Å². The van der Waals surface area contributed by atoms with Gasteiger partial charge < -0.3 is 10.4 Å². The second-order valence-corrected chi connectivity index (χ2v) is 5.78. The summed E-state index contributed by atoms with van der Waals surface area (Å²) in [6.45, 7) is 2.15. The van der Waals surface area contributed by atoms with Crippen molar-refractivity contribution in [3.63, 3.8) is 0 Å². The number of rotatable bonds is 4. The van der Waals surface area contributed by atoms with Crippen LogP contribution in [-0.2, 0) is 12.6 Å². The molecule has 0 aliphatic rings. The Kier molecular flexibility index (Phi) is 3.15. The minimum absolute atomic E-state index is 0.370. The van der Waals surface area contributed by atoms with Gasteiger partial charge in [-0.15, -0.1) is 11.3 Å². The van der Waals surface area contributed by atoms with E-state index in [2.05, 4.69) is 20.4 Å². The largest absolute Gasteiger partial charge is 0.383 e. The van der Waals surface area contributed by atoms with Crippen LogP contribution < -0.4 is 5.32 Å². The fourth-order valence-electron chi connectivity index (χ4n) is 2.03. The monoisotopic (exact) mass is 289 g/mol. The number of aromatic nitrogens is 4. The van der Waals surface area contributed by atoms with Crippen molar-refractivity contribution < 1.29 is 5.11 Å². The molecule has 20 heavy (non-hydrogen) atoms. The number of hydrogen-bond acceptors (Lipinski definition) is 6. The van der Waals surface area contributed by atoms with Gasteiger partial charge in [0, 0.05) is 18.5 Å². The molecule has 0 aliphatic carbocycles. The van der Waals surface area contributed by atoms with Gasteiger partial charge in [0.05, 0.1) is 11.6 Å². The van der Waals surface area contributed by atoms with Crippen molar-refractivity contribution in [2.75, 3.05) is 11.9 Å². The van der Waals surface area contributed by atoms with E-state index in [1.165, 1.54) is 17.7 Å². The van der Waals surface area contributed by atoms with Crippen LogP contribution in [-0.4, -0.2) is 31.4 Å². The zero-order valence-corrected chi connectivity index (χ0v) is 12.1. The van der Waals surface area contributed by atoms with Gasteiger partial charge in [-0.3, -0.25) is 4.68 Å². The standard InChI is InChI=1S/C13H15N5OS/c1-13(19,10-4-3-5-20-10)7-14-11-9-6-17-18(2)12(9)16-8-15-11/h3-6,8,19H,7H2,1-2H3,(H,14,15,16). The zero-order chi connectivity index (χ0) is 14.2. The summed E-state index contributed by atoms with van der Waals surface area (Å²) < 4.78 is 1.69. The van der Waals surface area contributed by atoms with Crippen LogP contribution in [0.15, 0.2) is 30.0 Å². The zero-order valence-electron chi connectivity index (χ0n) is 11.2. The number of nitrogens with zero attached hydrogens (tertiary/aromatic N) is 4. The lowest BCUT2D eigenvalue weighted by molar-refractivity contribution is 0.0754. The van der Waals surface area contributed by atoms with Gasteiger partial charge in [0.25, 0.3) is 0 Å². The smallest absolute Gasteiger partial charge is 0.163 e. The van der Waals surface area contributed by atoms with Crippen molar-refractivity contribution in [1.82, 2.24) is 19.7 Å². The molecule has 0 bridgehead atoms. The highest BCUT2D eigenvalue weighted by molar-refractivity contribution is 7.10. The van der Waals surface area contributed by atoms with Crippen LogP contribution in [0.2, 0.25) is 0 Å². The lowest BCUT2D eigenvalue weighted by Crippen LogP contribution is -2.30. The van der Waals surface area contributed by atoms with Crippen LogP contribution in [0, 0.1) is 0 Å². The second kappa shape index (κ2) is 4.84. The van der Waals surface area contributed by atoms with Crippen molar-refractivity contribution >= 4 is 28.2 Å². The second-order valence-electron chi connectivity index (χ2n) is 4.83. The Morgan fingerprint density at radius 2 is 2.30 bits per heavy atom. The number of fused-ring (bicyclic) bond motifs is 1. The number of aryl methyl sites for hydroxylation is 1. The van der Waals surface area contributed by atoms with Crippen LogP contribution in [0.4, 0.5) is 5.82 Å². The summed E-state index contributed by atoms with van der Waals surface area (Å²) in [5, 5.41) is 20.6. The SMILES string of the molecule is Cn1ncc2c(NCC(C)(O)c3cccs3)ncnc21. The third-order valence-corrected chi connectivity index (χ3v) is 4.30. The van der Waals surface area contributed by atoms with Gasteiger partial charge in [-0.25, -0.2) is 9.97 Å². The molecule has 1 atom stereocenters. The van der Waals surface area contributed by atoms with Gasteiger partial charge in [-0.1, -0.05) is 6.07 Å². The molecule has 0 saturated carbocycles. The van der Waals surface area contributed by atoms with Crippen molar-refractivity contribution in [3.05, 3.63) is 34.9 Å². The van der Waals surface area contributed by atoms with Gasteiger partial charge in [0.15, 0.2) is 5.65 Å². The summed E-state index contributed by atoms with van der Waals surface area (Å²) in [5.41, 5.74) is -0.175. The molecule has 6 nitrogen and oxygen atoms in total. The van der Waals surface area contributed by atoms with Crippen molar-refractivity contribution in [2.24, 2.45) is 7.05 Å². The van der Waals surface area contributed by atoms with Crippen LogP contribution in [0.25, 0.3) is 11.0 Å². The Balaban J connectivity index is 1.84. The Bertz CT molecular complexity index is 720. The highest BCUT2D eigenvalue weighted by Crippen LogP contribution is 2.26. The number of hydrogen-bond donors (Lipinski definition) is 2. The fraction of sp³-hybridized carbons (Fsp3) is 0.308. The summed E-state index contributed by atoms with van der Waals surface area (Å²) in [4.78, 5) is 9.32. The van der Waals surface area contributed by atoms with E-state index >= 15 is 0 Å². The molecular weight excluding hydrogens is 274 g/mol. The average molecular weight is 289 g/mol. The number of nitrogens with one attached hydrogen (secondary N) is 1. The summed E-state index contributed by atoms with van der Waals surface area (Å²) >= 11 is 1.53. The molecule has 0 spiro atoms. The number of thiophene rings is 1. The Labute approximate surface area is 120 Å². The molecule has 2 N–H and O–H groups in total. The molecule has 1 unspecified atom stereocenters. The lowest BCUT2D eigenvalue weighted by atomic mass is 10.1. The molecule has 0 amide bonds. The van der Waals surface area contributed by atoms with E-state index in [-0.39, 0.29) is 0 Å². The predicted molar refractivity (Wildman–Crippen MR) is 78.7 cm³/mol. The maximum Gasteiger partial charge on any atom is 0.163 e. The van der Waals surface area contributed by atoms with Crippen LogP contribution >= 0.6 is 11.3 Å². The highest BCUT2D eigenvalue weighted by Gasteiger charge is 2.24. The molecule has 3 aromatic rings. The lowest BCUT2D eigenvalue weighted by Gasteiger charge is -2.22. The molecular formula is C13H15N5OS. The molecule has 0 saturated heterocycles. The Hall–Kier alpha value is -1.99. The minimum Gasteiger partial charge on any atom is -0.383 e. The van der Waals surface area contributed by atoms with Crippen molar-refractivity contribution in [1.29, 1.82) is 0 Å². The summed E-state index contributed by atoms with van der Waals surface area (Å²) in [6.07, 6.45) is 3.21. The van der Waals surface area contributed by atoms with Gasteiger partial charge >= 0.3 is 0 Å². The first-order chi connectivity index (χ1) is 9.58. The van der Waals surface area contributed by atoms with Gasteiger partial charge in [-0.05, 0) is 18.4 Å². The van der Waals surface area contributed by atoms with Gasteiger partial charge in [0.1, 0.15) is 17.7 Å². The van der Waals surface area contributed by atoms with E-state index in [1.807, 2.05) is 24.6 Å². The van der Waals surface area contributed by atoms with E-state index in [4.69, 9.17) is 0 Å². The van der Waals surface area contributed by atoms with Crippen LogP contribution in [0.1, 0.15) is 11.8 Å². The maximum atomic E-state index is 10.5. The third-order valence-electron chi connectivity index (χ3n) is 3.18. The average Bonchev–Trinajstić information content (AvgIpc) is 3.07. The summed E-state index contributed by atoms with van der Waals surface area (Å²) in [5.74, 6) is 0.680. The van der Waals surface area contributed by atoms with Crippen molar-refractivity contribution in [2.45, 2.75) is 12.5 Å². The summed E-state index contributed by atoms with van der Waals surface area (Å²) in [6, 6.07) is 3.85. The molecule has 3 rings (SSSR count). The normalized spacial score (nSPS) is 14.3. The minimum atomic E-state index is -0.937. The summed E-state index contributed by atoms with van der Waals surface area (Å²) in [7, 11) is 1.83. The van der Waals surface area contributed by atoms with Crippen LogP contribution in [0.5, 0.6) is 0 Å². The topological polar surface area (TPSA) is 75.9 Å². The molecule has 3 aromatic heterocycles. The molecule has 0 radical (unpaired) electrons. The van der Waals surface area contributed by atoms with E-state index in [0.717, 1.165) is 15.9 Å². The van der Waals surface area contributed by atoms with Crippen LogP contribution in [0.3, 0.4) is 0 Å². The van der Waals surface area contributed by atoms with E-state index < -0.39 is 5.60 Å². The van der Waals surface area contributed by atoms with Gasteiger partial charge in [-0.2, -0.15) is 5.10 Å². The van der Waals surface area contributed by atoms with Gasteiger partial charge in [0.2, 0.25) is 0 Å². The fourth-order valence-corrected chi connectivity index (χ4v) is 2.82. The maximum absolute atomic E-state index is 10.5. The van der Waals surface area contributed by atoms with E-state index in [1.54, 1.807) is 17.8 Å². The molecule has 0 fully saturated rings. The first-order valence-corrected chi connectivity index (χ1v) is 7.09. The molecule has 104 valence electrons. The molecule has 7 heteroatoms. The molecule has 0 aromatic carbocycles. The third kappa shape index (κ3) is 2.25. The number of aliphatic hydroxyl groups is 1. The molecule has 3 heterocycles. The highest BCUT2D eigenvalue weighted by atomic mass is 32.1. The first-order valence-electron chi connectivity index (χ1n) is 6.21. The van der Waals surface area contributed by atoms with E-state index in [0.29, 0.717) is 12.4 Å². The first kappa shape index (κ1) is 13.0. The Morgan fingerprint density at radius 3 is 3.05 bits per heavy atom. The molecule has 0 aliphatic heterocycles. The Morgan fingerprint density at radius 1 is 1.45 bits per heavy atom. The quantitative estimate of drug-likeness (QED) is 0.765. The van der Waals surface area contributed by atoms with Crippen molar-refractivity contribution in [3.8, 4) is 0 Å².